The van der Waals surface area contributed by atoms with Gasteiger partial charge in [-0.3, -0.25) is 10.2 Å². The van der Waals surface area contributed by atoms with Crippen LogP contribution < -0.4 is 11.1 Å². The number of nitrogens with zero attached hydrogens (tertiary/aromatic N) is 2. The molecule has 1 amide bonds. The minimum Gasteiger partial charge on any atom is -0.398 e. The van der Waals surface area contributed by atoms with Crippen LogP contribution in [0.15, 0.2) is 29.8 Å². The minimum atomic E-state index is -0.340. The van der Waals surface area contributed by atoms with E-state index >= 15 is 0 Å². The number of carbonyl (C=O) groups excluding carboxylic acids is 1. The molecule has 1 aromatic heterocycles. The molecule has 0 aliphatic carbocycles. The summed E-state index contributed by atoms with van der Waals surface area (Å²) in [6.07, 6.45) is 6.08. The first-order chi connectivity index (χ1) is 12.5. The van der Waals surface area contributed by atoms with Gasteiger partial charge in [0.1, 0.15) is 10.7 Å². The monoisotopic (exact) mass is 369 g/mol. The van der Waals surface area contributed by atoms with E-state index in [2.05, 4.69) is 22.2 Å². The molecule has 2 fully saturated rings. The van der Waals surface area contributed by atoms with Gasteiger partial charge in [-0.15, -0.1) is 11.3 Å². The number of thiazole rings is 1. The molecule has 1 aromatic carbocycles. The molecule has 2 aliphatic rings. The quantitative estimate of drug-likeness (QED) is 0.570. The van der Waals surface area contributed by atoms with E-state index in [1.807, 2.05) is 11.4 Å². The van der Waals surface area contributed by atoms with Gasteiger partial charge < -0.3 is 16.0 Å². The number of amides is 1. The van der Waals surface area contributed by atoms with Gasteiger partial charge in [-0.1, -0.05) is 6.07 Å². The Balaban J connectivity index is 1.45. The number of nitrogen functional groups attached to an aromatic ring is 1. The number of anilines is 1. The molecule has 3 heterocycles. The first kappa shape index (κ1) is 17.2. The van der Waals surface area contributed by atoms with E-state index in [0.29, 0.717) is 23.3 Å². The van der Waals surface area contributed by atoms with Crippen molar-refractivity contribution in [1.82, 2.24) is 15.2 Å². The molecular weight excluding hydrogens is 346 g/mol. The number of hydrogen-bond acceptors (Lipinski definition) is 6. The van der Waals surface area contributed by atoms with Gasteiger partial charge in [-0.25, -0.2) is 4.98 Å². The first-order valence-electron chi connectivity index (χ1n) is 8.94. The predicted octanol–water partition coefficient (Wildman–Crippen LogP) is 2.50. The Kier molecular flexibility index (Phi) is 4.50. The van der Waals surface area contributed by atoms with Crippen molar-refractivity contribution in [3.8, 4) is 10.6 Å². The van der Waals surface area contributed by atoms with Crippen molar-refractivity contribution in [3.05, 3.63) is 35.3 Å². The fourth-order valence-corrected chi connectivity index (χ4v) is 4.83. The molecule has 7 heteroatoms. The largest absolute Gasteiger partial charge is 0.398 e. The average molecular weight is 369 g/mol. The van der Waals surface area contributed by atoms with E-state index in [9.17, 15) is 4.79 Å². The van der Waals surface area contributed by atoms with Crippen LogP contribution in [-0.4, -0.2) is 46.7 Å². The van der Waals surface area contributed by atoms with Crippen molar-refractivity contribution in [3.63, 3.8) is 0 Å². The minimum absolute atomic E-state index is 0.0699. The Bertz CT molecular complexity index is 820. The zero-order valence-corrected chi connectivity index (χ0v) is 15.6. The molecular formula is C19H23N5OS. The maximum absolute atomic E-state index is 12.6. The third-order valence-corrected chi connectivity index (χ3v) is 6.48. The Morgan fingerprint density at radius 1 is 1.35 bits per heavy atom. The lowest BCUT2D eigenvalue weighted by Crippen LogP contribution is -2.50. The molecule has 26 heavy (non-hydrogen) atoms. The molecule has 2 bridgehead atoms. The highest BCUT2D eigenvalue weighted by Gasteiger charge is 2.39. The molecule has 6 nitrogen and oxygen atoms in total. The van der Waals surface area contributed by atoms with Gasteiger partial charge in [0.15, 0.2) is 0 Å². The molecule has 0 radical (unpaired) electrons. The lowest BCUT2D eigenvalue weighted by Gasteiger charge is -2.36. The average Bonchev–Trinajstić information content (AvgIpc) is 3.21. The summed E-state index contributed by atoms with van der Waals surface area (Å²) in [5, 5.41) is 14.1. The van der Waals surface area contributed by atoms with Gasteiger partial charge in [0, 0.05) is 46.5 Å². The maximum Gasteiger partial charge on any atom is 0.270 e. The van der Waals surface area contributed by atoms with E-state index in [-0.39, 0.29) is 17.7 Å². The molecule has 0 saturated carbocycles. The summed E-state index contributed by atoms with van der Waals surface area (Å²) in [6.45, 7) is 0. The van der Waals surface area contributed by atoms with Crippen molar-refractivity contribution in [1.29, 1.82) is 5.41 Å². The number of nitrogens with two attached hydrogens (primary N) is 1. The molecule has 2 aliphatic heterocycles. The molecule has 2 unspecified atom stereocenters. The summed E-state index contributed by atoms with van der Waals surface area (Å²) in [7, 11) is 2.17. The van der Waals surface area contributed by atoms with Gasteiger partial charge in [0.25, 0.3) is 5.91 Å². The molecule has 2 atom stereocenters. The highest BCUT2D eigenvalue weighted by atomic mass is 32.1. The number of benzene rings is 1. The summed E-state index contributed by atoms with van der Waals surface area (Å²) in [6, 6.07) is 6.64. The normalized spacial score (nSPS) is 25.2. The number of piperidine rings is 1. The van der Waals surface area contributed by atoms with E-state index < -0.39 is 0 Å². The van der Waals surface area contributed by atoms with E-state index in [1.165, 1.54) is 24.2 Å². The SMILES string of the molecule is CN1C2CCC1CC(NC(=O)C(=N)c1ccc(-c3nccs3)cc1N)C2. The van der Waals surface area contributed by atoms with Crippen LogP contribution in [0.1, 0.15) is 31.2 Å². The van der Waals surface area contributed by atoms with Gasteiger partial charge in [0.2, 0.25) is 0 Å². The summed E-state index contributed by atoms with van der Waals surface area (Å²) >= 11 is 1.53. The Labute approximate surface area is 156 Å². The van der Waals surface area contributed by atoms with Crippen molar-refractivity contribution in [2.45, 2.75) is 43.8 Å². The number of rotatable bonds is 4. The fraction of sp³-hybridized carbons (Fsp3) is 0.421. The lowest BCUT2D eigenvalue weighted by atomic mass is 9.97. The standard InChI is InChI=1S/C19H23N5OS/c1-24-13-3-4-14(24)10-12(9-13)23-18(25)17(21)15-5-2-11(8-16(15)20)19-22-6-7-26-19/h2,5-8,12-14,21H,3-4,9-10,20H2,1H3,(H,23,25). The number of carbonyl (C=O) groups is 1. The molecule has 136 valence electrons. The number of hydrogen-bond donors (Lipinski definition) is 3. The summed E-state index contributed by atoms with van der Waals surface area (Å²) in [5.74, 6) is -0.340. The van der Waals surface area contributed by atoms with Crippen molar-refractivity contribution < 1.29 is 4.79 Å². The highest BCUT2D eigenvalue weighted by Crippen LogP contribution is 2.34. The second-order valence-electron chi connectivity index (χ2n) is 7.21. The van der Waals surface area contributed by atoms with Crippen molar-refractivity contribution in [2.24, 2.45) is 0 Å². The van der Waals surface area contributed by atoms with E-state index in [1.54, 1.807) is 18.3 Å². The summed E-state index contributed by atoms with van der Waals surface area (Å²) < 4.78 is 0. The number of aromatic nitrogens is 1. The second-order valence-corrected chi connectivity index (χ2v) is 8.10. The molecule has 4 rings (SSSR count). The topological polar surface area (TPSA) is 95.1 Å². The van der Waals surface area contributed by atoms with Gasteiger partial charge in [0.05, 0.1) is 0 Å². The zero-order chi connectivity index (χ0) is 18.3. The number of nitrogens with one attached hydrogen (secondary N) is 2. The zero-order valence-electron chi connectivity index (χ0n) is 14.7. The van der Waals surface area contributed by atoms with Crippen molar-refractivity contribution >= 4 is 28.6 Å². The van der Waals surface area contributed by atoms with Crippen LogP contribution in [0.4, 0.5) is 5.69 Å². The molecule has 0 spiro atoms. The smallest absolute Gasteiger partial charge is 0.270 e. The van der Waals surface area contributed by atoms with Gasteiger partial charge in [-0.2, -0.15) is 0 Å². The lowest BCUT2D eigenvalue weighted by molar-refractivity contribution is -0.115. The maximum atomic E-state index is 12.6. The van der Waals surface area contributed by atoms with Crippen LogP contribution in [0, 0.1) is 5.41 Å². The summed E-state index contributed by atoms with van der Waals surface area (Å²) in [5.41, 5.74) is 7.86. The third-order valence-electron chi connectivity index (χ3n) is 5.66. The molecule has 2 saturated heterocycles. The Morgan fingerprint density at radius 3 is 2.69 bits per heavy atom. The predicted molar refractivity (Wildman–Crippen MR) is 105 cm³/mol. The van der Waals surface area contributed by atoms with Crippen LogP contribution in [0.5, 0.6) is 0 Å². The fourth-order valence-electron chi connectivity index (χ4n) is 4.20. The van der Waals surface area contributed by atoms with E-state index in [0.717, 1.165) is 23.4 Å². The summed E-state index contributed by atoms with van der Waals surface area (Å²) in [4.78, 5) is 19.3. The highest BCUT2D eigenvalue weighted by molar-refractivity contribution is 7.13. The second kappa shape index (κ2) is 6.81. The van der Waals surface area contributed by atoms with Crippen LogP contribution in [0.3, 0.4) is 0 Å². The van der Waals surface area contributed by atoms with Crippen LogP contribution in [0.25, 0.3) is 10.6 Å². The first-order valence-corrected chi connectivity index (χ1v) is 9.82. The molecule has 4 N–H and O–H groups in total. The number of fused-ring (bicyclic) bond motifs is 2. The van der Waals surface area contributed by atoms with Crippen LogP contribution >= 0.6 is 11.3 Å². The third kappa shape index (κ3) is 3.12. The van der Waals surface area contributed by atoms with Crippen LogP contribution in [-0.2, 0) is 4.79 Å². The Hall–Kier alpha value is -2.25. The Morgan fingerprint density at radius 2 is 2.08 bits per heavy atom. The van der Waals surface area contributed by atoms with Gasteiger partial charge >= 0.3 is 0 Å². The van der Waals surface area contributed by atoms with Gasteiger partial charge in [-0.05, 0) is 44.9 Å². The van der Waals surface area contributed by atoms with Crippen LogP contribution in [0.2, 0.25) is 0 Å². The van der Waals surface area contributed by atoms with E-state index in [4.69, 9.17) is 11.1 Å². The van der Waals surface area contributed by atoms with Crippen molar-refractivity contribution in [2.75, 3.05) is 12.8 Å². The molecule has 2 aromatic rings.